The average molecular weight is 373 g/mol. The largest absolute Gasteiger partial charge is 0.490 e. The highest BCUT2D eigenvalue weighted by Gasteiger charge is 2.20. The van der Waals surface area contributed by atoms with E-state index < -0.39 is 12.6 Å². The molecule has 1 heterocycles. The lowest BCUT2D eigenvalue weighted by molar-refractivity contribution is -0.139. The highest BCUT2D eigenvalue weighted by molar-refractivity contribution is 6.06. The van der Waals surface area contributed by atoms with Gasteiger partial charge in [-0.15, -0.1) is 0 Å². The predicted molar refractivity (Wildman–Crippen MR) is 96.0 cm³/mol. The molecule has 3 rings (SSSR count). The van der Waals surface area contributed by atoms with Gasteiger partial charge in [-0.3, -0.25) is 4.79 Å². The number of hydrogen-bond acceptors (Lipinski definition) is 6. The van der Waals surface area contributed by atoms with E-state index in [0.29, 0.717) is 35.1 Å². The Labute approximate surface area is 155 Å². The summed E-state index contributed by atoms with van der Waals surface area (Å²) in [7, 11) is 1.65. The Morgan fingerprint density at radius 3 is 2.59 bits per heavy atom. The van der Waals surface area contributed by atoms with E-state index in [-0.39, 0.29) is 18.4 Å². The molecule has 1 aliphatic rings. The summed E-state index contributed by atoms with van der Waals surface area (Å²) >= 11 is 0. The average Bonchev–Trinajstić information content (AvgIpc) is 3.13. The van der Waals surface area contributed by atoms with Crippen LogP contribution in [0.1, 0.15) is 17.3 Å². The molecule has 1 aliphatic heterocycles. The molecule has 27 heavy (non-hydrogen) atoms. The van der Waals surface area contributed by atoms with Crippen molar-refractivity contribution in [1.29, 1.82) is 0 Å². The van der Waals surface area contributed by atoms with Crippen molar-refractivity contribution in [3.05, 3.63) is 42.0 Å². The van der Waals surface area contributed by atoms with Crippen molar-refractivity contribution in [1.82, 2.24) is 0 Å². The standard InChI is InChI=1S/C19H19NO7/c1-3-24-16-8-12(4-6-14(16)25-10-18(21)22)19(23)20(2)13-5-7-15-17(9-13)27-11-26-15/h4-9H,3,10-11H2,1-2H3,(H,21,22). The van der Waals surface area contributed by atoms with E-state index in [0.717, 1.165) is 0 Å². The zero-order valence-electron chi connectivity index (χ0n) is 14.9. The minimum absolute atomic E-state index is 0.159. The van der Waals surface area contributed by atoms with Crippen LogP contribution in [0, 0.1) is 0 Å². The van der Waals surface area contributed by atoms with Gasteiger partial charge in [0, 0.05) is 24.4 Å². The fourth-order valence-corrected chi connectivity index (χ4v) is 2.57. The SMILES string of the molecule is CCOc1cc(C(=O)N(C)c2ccc3c(c2)OCO3)ccc1OCC(=O)O. The van der Waals surface area contributed by atoms with E-state index in [2.05, 4.69) is 0 Å². The smallest absolute Gasteiger partial charge is 0.341 e. The Balaban J connectivity index is 1.82. The minimum Gasteiger partial charge on any atom is -0.490 e. The van der Waals surface area contributed by atoms with Gasteiger partial charge in [-0.1, -0.05) is 0 Å². The lowest BCUT2D eigenvalue weighted by Gasteiger charge is -2.19. The van der Waals surface area contributed by atoms with Gasteiger partial charge >= 0.3 is 5.97 Å². The maximum Gasteiger partial charge on any atom is 0.341 e. The number of ether oxygens (including phenoxy) is 4. The topological polar surface area (TPSA) is 94.5 Å². The van der Waals surface area contributed by atoms with Gasteiger partial charge in [-0.2, -0.15) is 0 Å². The first kappa shape index (κ1) is 18.4. The summed E-state index contributed by atoms with van der Waals surface area (Å²) in [6.07, 6.45) is 0. The summed E-state index contributed by atoms with van der Waals surface area (Å²) in [5, 5.41) is 8.76. The molecule has 0 radical (unpaired) electrons. The number of nitrogens with zero attached hydrogens (tertiary/aromatic N) is 1. The Bertz CT molecular complexity index is 865. The number of carbonyl (C=O) groups excluding carboxylic acids is 1. The number of carbonyl (C=O) groups is 2. The number of hydrogen-bond donors (Lipinski definition) is 1. The van der Waals surface area contributed by atoms with Crippen LogP contribution in [0.2, 0.25) is 0 Å². The van der Waals surface area contributed by atoms with Gasteiger partial charge in [0.2, 0.25) is 6.79 Å². The summed E-state index contributed by atoms with van der Waals surface area (Å²) < 4.78 is 21.3. The van der Waals surface area contributed by atoms with E-state index in [9.17, 15) is 9.59 Å². The molecule has 0 atom stereocenters. The monoisotopic (exact) mass is 373 g/mol. The summed E-state index contributed by atoms with van der Waals surface area (Å²) in [4.78, 5) is 25.0. The third-order valence-electron chi connectivity index (χ3n) is 3.89. The predicted octanol–water partition coefficient (Wildman–Crippen LogP) is 2.55. The molecule has 8 nitrogen and oxygen atoms in total. The number of fused-ring (bicyclic) bond motifs is 1. The number of rotatable bonds is 7. The van der Waals surface area contributed by atoms with Crippen molar-refractivity contribution >= 4 is 17.6 Å². The maximum absolute atomic E-state index is 12.8. The Morgan fingerprint density at radius 2 is 1.85 bits per heavy atom. The molecule has 2 aromatic carbocycles. The lowest BCUT2D eigenvalue weighted by atomic mass is 10.1. The molecule has 0 saturated heterocycles. The van der Waals surface area contributed by atoms with E-state index >= 15 is 0 Å². The molecule has 0 unspecified atom stereocenters. The maximum atomic E-state index is 12.8. The first-order chi connectivity index (χ1) is 13.0. The fraction of sp³-hybridized carbons (Fsp3) is 0.263. The number of carboxylic acid groups (broad SMARTS) is 1. The highest BCUT2D eigenvalue weighted by atomic mass is 16.7. The molecule has 2 aromatic rings. The van der Waals surface area contributed by atoms with Crippen molar-refractivity contribution in [3.8, 4) is 23.0 Å². The molecule has 0 bridgehead atoms. The van der Waals surface area contributed by atoms with Crippen LogP contribution in [0.5, 0.6) is 23.0 Å². The van der Waals surface area contributed by atoms with Gasteiger partial charge < -0.3 is 29.0 Å². The second kappa shape index (κ2) is 7.86. The molecule has 142 valence electrons. The quantitative estimate of drug-likeness (QED) is 0.797. The molecule has 0 saturated carbocycles. The Hall–Kier alpha value is -3.42. The van der Waals surface area contributed by atoms with Crippen LogP contribution in [0.3, 0.4) is 0 Å². The summed E-state index contributed by atoms with van der Waals surface area (Å²) in [5.74, 6) is 0.433. The first-order valence-corrected chi connectivity index (χ1v) is 8.28. The van der Waals surface area contributed by atoms with Crippen LogP contribution in [0.25, 0.3) is 0 Å². The van der Waals surface area contributed by atoms with Gasteiger partial charge in [-0.25, -0.2) is 4.79 Å². The van der Waals surface area contributed by atoms with Crippen molar-refractivity contribution in [2.24, 2.45) is 0 Å². The molecule has 1 amide bonds. The molecule has 1 N–H and O–H groups in total. The van der Waals surface area contributed by atoms with Gasteiger partial charge in [0.05, 0.1) is 6.61 Å². The van der Waals surface area contributed by atoms with Gasteiger partial charge in [-0.05, 0) is 37.3 Å². The lowest BCUT2D eigenvalue weighted by Crippen LogP contribution is -2.26. The van der Waals surface area contributed by atoms with E-state index in [1.165, 1.54) is 17.0 Å². The number of carboxylic acids is 1. The van der Waals surface area contributed by atoms with Crippen LogP contribution in [-0.2, 0) is 4.79 Å². The van der Waals surface area contributed by atoms with Crippen molar-refractivity contribution in [2.75, 3.05) is 32.0 Å². The number of benzene rings is 2. The molecule has 0 fully saturated rings. The molecule has 8 heteroatoms. The molecule has 0 aliphatic carbocycles. The zero-order chi connectivity index (χ0) is 19.4. The van der Waals surface area contributed by atoms with Gasteiger partial charge in [0.1, 0.15) is 0 Å². The number of anilines is 1. The zero-order valence-corrected chi connectivity index (χ0v) is 14.9. The first-order valence-electron chi connectivity index (χ1n) is 8.28. The van der Waals surface area contributed by atoms with Gasteiger partial charge in [0.25, 0.3) is 5.91 Å². The van der Waals surface area contributed by atoms with Crippen LogP contribution in [0.4, 0.5) is 5.69 Å². The van der Waals surface area contributed by atoms with Gasteiger partial charge in [0.15, 0.2) is 29.6 Å². The van der Waals surface area contributed by atoms with Crippen molar-refractivity contribution < 1.29 is 33.6 Å². The van der Waals surface area contributed by atoms with Crippen LogP contribution < -0.4 is 23.8 Å². The highest BCUT2D eigenvalue weighted by Crippen LogP contribution is 2.36. The van der Waals surface area contributed by atoms with Crippen LogP contribution in [-0.4, -0.2) is 44.0 Å². The van der Waals surface area contributed by atoms with Crippen LogP contribution in [0.15, 0.2) is 36.4 Å². The minimum atomic E-state index is -1.10. The molecule has 0 aromatic heterocycles. The Kier molecular flexibility index (Phi) is 5.35. The van der Waals surface area contributed by atoms with E-state index in [1.54, 1.807) is 38.2 Å². The normalized spacial score (nSPS) is 11.8. The van der Waals surface area contributed by atoms with Crippen molar-refractivity contribution in [2.45, 2.75) is 6.92 Å². The summed E-state index contributed by atoms with van der Waals surface area (Å²) in [6, 6.07) is 9.86. The van der Waals surface area contributed by atoms with Crippen LogP contribution >= 0.6 is 0 Å². The summed E-state index contributed by atoms with van der Waals surface area (Å²) in [6.45, 7) is 1.80. The third kappa shape index (κ3) is 4.05. The second-order valence-electron chi connectivity index (χ2n) is 5.68. The molecule has 0 spiro atoms. The Morgan fingerprint density at radius 1 is 1.07 bits per heavy atom. The fourth-order valence-electron chi connectivity index (χ4n) is 2.57. The third-order valence-corrected chi connectivity index (χ3v) is 3.89. The van der Waals surface area contributed by atoms with E-state index in [4.69, 9.17) is 24.1 Å². The molecular weight excluding hydrogens is 354 g/mol. The second-order valence-corrected chi connectivity index (χ2v) is 5.68. The number of aliphatic carboxylic acids is 1. The van der Waals surface area contributed by atoms with E-state index in [1.807, 2.05) is 0 Å². The van der Waals surface area contributed by atoms with Crippen molar-refractivity contribution in [3.63, 3.8) is 0 Å². The number of amides is 1. The molecular formula is C19H19NO7. The summed E-state index contributed by atoms with van der Waals surface area (Å²) in [5.41, 5.74) is 1.02.